The highest BCUT2D eigenvalue weighted by Gasteiger charge is 2.09. The highest BCUT2D eigenvalue weighted by Crippen LogP contribution is 2.28. The number of aryl methyl sites for hydroxylation is 1. The fourth-order valence-corrected chi connectivity index (χ4v) is 2.74. The molecule has 0 aliphatic heterocycles. The number of carbonyl (C=O) groups is 1. The van der Waals surface area contributed by atoms with Gasteiger partial charge in [-0.3, -0.25) is 9.78 Å². The van der Waals surface area contributed by atoms with Crippen molar-refractivity contribution in [1.82, 2.24) is 9.97 Å². The number of hydrogen-bond donors (Lipinski definition) is 1. The molecule has 0 aliphatic carbocycles. The van der Waals surface area contributed by atoms with Gasteiger partial charge in [-0.1, -0.05) is 24.3 Å². The Balaban J connectivity index is 1.78. The zero-order valence-corrected chi connectivity index (χ0v) is 13.4. The molecule has 1 N–H and O–H groups in total. The van der Waals surface area contributed by atoms with Crippen molar-refractivity contribution >= 4 is 29.0 Å². The van der Waals surface area contributed by atoms with Crippen LogP contribution in [-0.4, -0.2) is 15.9 Å². The van der Waals surface area contributed by atoms with Crippen LogP contribution in [0.1, 0.15) is 10.6 Å². The zero-order valence-electron chi connectivity index (χ0n) is 12.6. The first kappa shape index (κ1) is 15.1. The van der Waals surface area contributed by atoms with Crippen LogP contribution in [0.4, 0.5) is 5.69 Å². The van der Waals surface area contributed by atoms with Crippen LogP contribution in [-0.2, 0) is 4.79 Å². The Hall–Kier alpha value is -2.79. The summed E-state index contributed by atoms with van der Waals surface area (Å²) in [7, 11) is 0. The van der Waals surface area contributed by atoms with Crippen LogP contribution in [0.2, 0.25) is 0 Å². The summed E-state index contributed by atoms with van der Waals surface area (Å²) in [6, 6.07) is 11.4. The fraction of sp³-hybridized carbons (Fsp3) is 0.0556. The summed E-state index contributed by atoms with van der Waals surface area (Å²) in [5.41, 5.74) is 3.42. The van der Waals surface area contributed by atoms with Gasteiger partial charge in [-0.2, -0.15) is 0 Å². The number of hydrogen-bond acceptors (Lipinski definition) is 4. The molecule has 2 aromatic heterocycles. The predicted octanol–water partition coefficient (Wildman–Crippen LogP) is 4.17. The second kappa shape index (κ2) is 6.98. The van der Waals surface area contributed by atoms with Gasteiger partial charge in [0.05, 0.1) is 16.4 Å². The first-order chi connectivity index (χ1) is 11.2. The van der Waals surface area contributed by atoms with E-state index in [1.165, 1.54) is 6.08 Å². The van der Waals surface area contributed by atoms with Crippen molar-refractivity contribution in [2.75, 3.05) is 5.32 Å². The van der Waals surface area contributed by atoms with E-state index in [0.29, 0.717) is 0 Å². The molecule has 23 heavy (non-hydrogen) atoms. The van der Waals surface area contributed by atoms with E-state index in [4.69, 9.17) is 0 Å². The number of para-hydroxylation sites is 1. The van der Waals surface area contributed by atoms with Crippen molar-refractivity contribution in [3.8, 4) is 11.3 Å². The molecule has 2 heterocycles. The van der Waals surface area contributed by atoms with Gasteiger partial charge in [0.1, 0.15) is 0 Å². The Labute approximate surface area is 138 Å². The monoisotopic (exact) mass is 321 g/mol. The van der Waals surface area contributed by atoms with Gasteiger partial charge < -0.3 is 5.32 Å². The van der Waals surface area contributed by atoms with Crippen LogP contribution in [0.25, 0.3) is 17.3 Å². The third-order valence-corrected chi connectivity index (χ3v) is 3.96. The minimum absolute atomic E-state index is 0.187. The van der Waals surface area contributed by atoms with Crippen LogP contribution in [0, 0.1) is 6.92 Å². The summed E-state index contributed by atoms with van der Waals surface area (Å²) >= 11 is 1.59. The number of pyridine rings is 1. The number of carbonyl (C=O) groups excluding carboxylic acids is 1. The zero-order chi connectivity index (χ0) is 16.1. The van der Waals surface area contributed by atoms with E-state index in [1.54, 1.807) is 29.8 Å². The third-order valence-electron chi connectivity index (χ3n) is 3.19. The van der Waals surface area contributed by atoms with Gasteiger partial charge in [0, 0.05) is 29.4 Å². The SMILES string of the molecule is Cc1nc(-c2ccccc2NC(=O)C=Cc2cccnc2)cs1. The number of benzene rings is 1. The number of aromatic nitrogens is 2. The number of rotatable bonds is 4. The van der Waals surface area contributed by atoms with Gasteiger partial charge >= 0.3 is 0 Å². The normalized spacial score (nSPS) is 10.8. The molecule has 1 amide bonds. The molecule has 0 atom stereocenters. The molecule has 1 aromatic carbocycles. The molecule has 3 aromatic rings. The maximum atomic E-state index is 12.1. The largest absolute Gasteiger partial charge is 0.322 e. The first-order valence-corrected chi connectivity index (χ1v) is 8.01. The van der Waals surface area contributed by atoms with E-state index in [0.717, 1.165) is 27.5 Å². The average molecular weight is 321 g/mol. The molecule has 3 rings (SSSR count). The quantitative estimate of drug-likeness (QED) is 0.734. The highest BCUT2D eigenvalue weighted by molar-refractivity contribution is 7.09. The van der Waals surface area contributed by atoms with Gasteiger partial charge in [-0.15, -0.1) is 11.3 Å². The minimum atomic E-state index is -0.187. The standard InChI is InChI=1S/C18H15N3OS/c1-13-20-17(12-23-13)15-6-2-3-7-16(15)21-18(22)9-8-14-5-4-10-19-11-14/h2-12H,1H3,(H,21,22). The molecule has 0 spiro atoms. The lowest BCUT2D eigenvalue weighted by Crippen LogP contribution is -2.08. The van der Waals surface area contributed by atoms with Crippen LogP contribution >= 0.6 is 11.3 Å². The van der Waals surface area contributed by atoms with Crippen molar-refractivity contribution in [3.05, 3.63) is 70.8 Å². The number of nitrogens with one attached hydrogen (secondary N) is 1. The van der Waals surface area contributed by atoms with E-state index in [9.17, 15) is 4.79 Å². The molecule has 0 aliphatic rings. The first-order valence-electron chi connectivity index (χ1n) is 7.13. The van der Waals surface area contributed by atoms with Crippen molar-refractivity contribution in [2.45, 2.75) is 6.92 Å². The van der Waals surface area contributed by atoms with Crippen LogP contribution in [0.5, 0.6) is 0 Å². The lowest BCUT2D eigenvalue weighted by atomic mass is 10.1. The number of amides is 1. The summed E-state index contributed by atoms with van der Waals surface area (Å²) in [5.74, 6) is -0.187. The third kappa shape index (κ3) is 3.90. The minimum Gasteiger partial charge on any atom is -0.322 e. The van der Waals surface area contributed by atoms with Gasteiger partial charge in [0.25, 0.3) is 0 Å². The number of nitrogens with zero attached hydrogens (tertiary/aromatic N) is 2. The predicted molar refractivity (Wildman–Crippen MR) is 94.2 cm³/mol. The molecule has 0 bridgehead atoms. The van der Waals surface area contributed by atoms with Crippen molar-refractivity contribution in [1.29, 1.82) is 0 Å². The maximum absolute atomic E-state index is 12.1. The van der Waals surface area contributed by atoms with E-state index in [1.807, 2.05) is 48.7 Å². The maximum Gasteiger partial charge on any atom is 0.248 e. The van der Waals surface area contributed by atoms with Crippen LogP contribution < -0.4 is 5.32 Å². The topological polar surface area (TPSA) is 54.9 Å². The Kier molecular flexibility index (Phi) is 4.59. The summed E-state index contributed by atoms with van der Waals surface area (Å²) in [4.78, 5) is 20.6. The van der Waals surface area contributed by atoms with Gasteiger partial charge in [0.2, 0.25) is 5.91 Å². The average Bonchev–Trinajstić information content (AvgIpc) is 3.01. The molecular weight excluding hydrogens is 306 g/mol. The van der Waals surface area contributed by atoms with E-state index >= 15 is 0 Å². The van der Waals surface area contributed by atoms with Gasteiger partial charge in [0.15, 0.2) is 0 Å². The highest BCUT2D eigenvalue weighted by atomic mass is 32.1. The van der Waals surface area contributed by atoms with Crippen molar-refractivity contribution in [2.24, 2.45) is 0 Å². The Morgan fingerprint density at radius 1 is 1.22 bits per heavy atom. The Morgan fingerprint density at radius 2 is 2.09 bits per heavy atom. The summed E-state index contributed by atoms with van der Waals surface area (Å²) in [6.45, 7) is 1.96. The lowest BCUT2D eigenvalue weighted by molar-refractivity contribution is -0.111. The van der Waals surface area contributed by atoms with Crippen molar-refractivity contribution < 1.29 is 4.79 Å². The molecule has 0 unspecified atom stereocenters. The molecular formula is C18H15N3OS. The second-order valence-electron chi connectivity index (χ2n) is 4.91. The van der Waals surface area contributed by atoms with Crippen LogP contribution in [0.3, 0.4) is 0 Å². The van der Waals surface area contributed by atoms with E-state index in [2.05, 4.69) is 15.3 Å². The van der Waals surface area contributed by atoms with Gasteiger partial charge in [-0.05, 0) is 30.7 Å². The molecule has 0 radical (unpaired) electrons. The Bertz CT molecular complexity index is 840. The molecule has 0 fully saturated rings. The summed E-state index contributed by atoms with van der Waals surface area (Å²) < 4.78 is 0. The van der Waals surface area contributed by atoms with E-state index in [-0.39, 0.29) is 5.91 Å². The summed E-state index contributed by atoms with van der Waals surface area (Å²) in [6.07, 6.45) is 6.64. The summed E-state index contributed by atoms with van der Waals surface area (Å²) in [5, 5.41) is 5.90. The molecule has 0 saturated carbocycles. The van der Waals surface area contributed by atoms with E-state index < -0.39 is 0 Å². The number of anilines is 1. The lowest BCUT2D eigenvalue weighted by Gasteiger charge is -2.07. The molecule has 5 heteroatoms. The molecule has 4 nitrogen and oxygen atoms in total. The second-order valence-corrected chi connectivity index (χ2v) is 5.97. The fourth-order valence-electron chi connectivity index (χ4n) is 2.12. The van der Waals surface area contributed by atoms with Crippen LogP contribution in [0.15, 0.2) is 60.2 Å². The molecule has 0 saturated heterocycles. The van der Waals surface area contributed by atoms with Crippen molar-refractivity contribution in [3.63, 3.8) is 0 Å². The smallest absolute Gasteiger partial charge is 0.248 e. The molecule has 114 valence electrons. The Morgan fingerprint density at radius 3 is 2.83 bits per heavy atom. The van der Waals surface area contributed by atoms with Gasteiger partial charge in [-0.25, -0.2) is 4.98 Å². The number of thiazole rings is 1.